The minimum atomic E-state index is -4.79. The monoisotopic (exact) mass is 452 g/mol. The fraction of sp³-hybridized carbons (Fsp3) is 0.238. The number of alkyl halides is 3. The summed E-state index contributed by atoms with van der Waals surface area (Å²) in [5.74, 6) is -2.27. The molecule has 0 saturated heterocycles. The topological polar surface area (TPSA) is 68.7 Å². The lowest BCUT2D eigenvalue weighted by Gasteiger charge is -2.40. The van der Waals surface area contributed by atoms with Crippen molar-refractivity contribution in [1.82, 2.24) is 15.2 Å². The summed E-state index contributed by atoms with van der Waals surface area (Å²) in [6.45, 7) is 2.89. The molecule has 0 saturated carbocycles. The molecule has 168 valence electrons. The highest BCUT2D eigenvalue weighted by Crippen LogP contribution is 2.39. The molecule has 6 nitrogen and oxygen atoms in total. The Morgan fingerprint density at radius 2 is 1.84 bits per heavy atom. The number of benzene rings is 1. The largest absolute Gasteiger partial charge is 0.433 e. The van der Waals surface area contributed by atoms with Gasteiger partial charge in [0.25, 0.3) is 5.91 Å². The van der Waals surface area contributed by atoms with Crippen molar-refractivity contribution in [2.75, 3.05) is 11.6 Å². The van der Waals surface area contributed by atoms with E-state index in [2.05, 4.69) is 10.3 Å². The predicted molar refractivity (Wildman–Crippen MR) is 105 cm³/mol. The highest BCUT2D eigenvalue weighted by atomic mass is 19.4. The van der Waals surface area contributed by atoms with Crippen LogP contribution >= 0.6 is 0 Å². The van der Waals surface area contributed by atoms with E-state index in [9.17, 15) is 31.9 Å². The molecule has 0 fully saturated rings. The first-order valence-corrected chi connectivity index (χ1v) is 9.42. The van der Waals surface area contributed by atoms with Gasteiger partial charge in [-0.25, -0.2) is 13.8 Å². The van der Waals surface area contributed by atoms with Gasteiger partial charge in [-0.1, -0.05) is 0 Å². The van der Waals surface area contributed by atoms with Crippen molar-refractivity contribution in [3.05, 3.63) is 76.4 Å². The molecular formula is C21H17F5N4O2. The molecule has 1 atom stereocenters. The minimum Gasteiger partial charge on any atom is -0.367 e. The van der Waals surface area contributed by atoms with Crippen LogP contribution in [0.3, 0.4) is 0 Å². The second-order valence-corrected chi connectivity index (χ2v) is 7.40. The summed E-state index contributed by atoms with van der Waals surface area (Å²) in [4.78, 5) is 19.2. The summed E-state index contributed by atoms with van der Waals surface area (Å²) in [6, 6.07) is 4.50. The van der Waals surface area contributed by atoms with Gasteiger partial charge in [-0.2, -0.15) is 13.2 Å². The highest BCUT2D eigenvalue weighted by molar-refractivity contribution is 6.04. The lowest BCUT2D eigenvalue weighted by Crippen LogP contribution is -2.46. The molecule has 11 heteroatoms. The van der Waals surface area contributed by atoms with Crippen LogP contribution in [0.1, 0.15) is 28.5 Å². The third-order valence-corrected chi connectivity index (χ3v) is 5.24. The second kappa shape index (κ2) is 7.59. The van der Waals surface area contributed by atoms with Crippen molar-refractivity contribution in [1.29, 1.82) is 0 Å². The molecule has 0 bridgehead atoms. The fourth-order valence-corrected chi connectivity index (χ4v) is 3.68. The Morgan fingerprint density at radius 3 is 2.50 bits per heavy atom. The van der Waals surface area contributed by atoms with Crippen LogP contribution in [-0.4, -0.2) is 33.8 Å². The van der Waals surface area contributed by atoms with Crippen LogP contribution in [-0.2, 0) is 6.18 Å². The number of anilines is 2. The molecule has 1 unspecified atom stereocenters. The fourth-order valence-electron chi connectivity index (χ4n) is 3.68. The summed E-state index contributed by atoms with van der Waals surface area (Å²) < 4.78 is 67.6. The van der Waals surface area contributed by atoms with E-state index in [0.717, 1.165) is 17.2 Å². The van der Waals surface area contributed by atoms with Crippen LogP contribution in [0.15, 0.2) is 53.8 Å². The molecule has 3 heterocycles. The lowest BCUT2D eigenvalue weighted by atomic mass is 10.0. The number of hydrogen-bond donors (Lipinski definition) is 2. The maximum absolute atomic E-state index is 14.1. The van der Waals surface area contributed by atoms with Gasteiger partial charge in [0, 0.05) is 11.4 Å². The number of carbonyl (C=O) groups excluding carboxylic acids is 1. The molecule has 0 radical (unpaired) electrons. The van der Waals surface area contributed by atoms with Crippen LogP contribution in [0.25, 0.3) is 0 Å². The Kier molecular flexibility index (Phi) is 5.16. The number of dihydropyridines is 1. The number of nitrogens with zero attached hydrogens (tertiary/aromatic N) is 3. The van der Waals surface area contributed by atoms with Crippen molar-refractivity contribution in [3.8, 4) is 0 Å². The maximum atomic E-state index is 14.1. The Morgan fingerprint density at radius 1 is 1.12 bits per heavy atom. The first-order valence-electron chi connectivity index (χ1n) is 9.42. The van der Waals surface area contributed by atoms with Gasteiger partial charge in [0.15, 0.2) is 12.1 Å². The zero-order valence-corrected chi connectivity index (χ0v) is 16.8. The number of allylic oxidation sites excluding steroid dienone is 2. The van der Waals surface area contributed by atoms with Gasteiger partial charge in [-0.15, -0.1) is 0 Å². The zero-order valence-electron chi connectivity index (χ0n) is 16.8. The number of nitrogens with one attached hydrogen (secondary N) is 1. The number of amides is 1. The van der Waals surface area contributed by atoms with Gasteiger partial charge < -0.3 is 15.3 Å². The van der Waals surface area contributed by atoms with E-state index in [1.807, 2.05) is 0 Å². The average Bonchev–Trinajstić information content (AvgIpc) is 2.71. The third kappa shape index (κ3) is 3.68. The van der Waals surface area contributed by atoms with Gasteiger partial charge in [-0.3, -0.25) is 9.69 Å². The van der Waals surface area contributed by atoms with E-state index in [0.29, 0.717) is 17.3 Å². The number of fused-ring (bicyclic) bond motifs is 1. The van der Waals surface area contributed by atoms with E-state index in [1.54, 1.807) is 6.92 Å². The Bertz CT molecular complexity index is 1180. The first-order chi connectivity index (χ1) is 15.0. The minimum absolute atomic E-state index is 0.0404. The van der Waals surface area contributed by atoms with E-state index in [-0.39, 0.29) is 29.3 Å². The molecule has 0 spiro atoms. The van der Waals surface area contributed by atoms with Crippen LogP contribution in [0, 0.1) is 12.7 Å². The number of hydrogen-bond acceptors (Lipinski definition) is 5. The van der Waals surface area contributed by atoms with Crippen LogP contribution < -0.4 is 10.2 Å². The summed E-state index contributed by atoms with van der Waals surface area (Å²) in [5, 5.41) is 12.1. The Labute approximate surface area is 179 Å². The van der Waals surface area contributed by atoms with Crippen LogP contribution in [0.2, 0.25) is 0 Å². The maximum Gasteiger partial charge on any atom is 0.433 e. The number of aryl methyl sites for hydroxylation is 1. The van der Waals surface area contributed by atoms with Crippen molar-refractivity contribution >= 4 is 17.3 Å². The van der Waals surface area contributed by atoms with Gasteiger partial charge in [0.05, 0.1) is 23.1 Å². The molecule has 1 amide bonds. The summed E-state index contributed by atoms with van der Waals surface area (Å²) >= 11 is 0. The second-order valence-electron chi connectivity index (χ2n) is 7.40. The highest BCUT2D eigenvalue weighted by Gasteiger charge is 2.39. The molecule has 2 aromatic rings. The normalized spacial score (nSPS) is 19.1. The Balaban J connectivity index is 1.90. The van der Waals surface area contributed by atoms with Gasteiger partial charge in [0.2, 0.25) is 0 Å². The summed E-state index contributed by atoms with van der Waals surface area (Å²) in [7, 11) is 0. The van der Waals surface area contributed by atoms with Crippen LogP contribution in [0.4, 0.5) is 33.3 Å². The SMILES string of the molecule is CC1=C(N2CN(c3ccc(F)cc3C)c3cnc(C(F)(F)F)cc3C2=O)C=C(F)C(O)N1. The molecule has 2 N–H and O–H groups in total. The predicted octanol–water partition coefficient (Wildman–Crippen LogP) is 4.11. The lowest BCUT2D eigenvalue weighted by molar-refractivity contribution is -0.141. The molecular weight excluding hydrogens is 435 g/mol. The van der Waals surface area contributed by atoms with Crippen molar-refractivity contribution < 1.29 is 31.9 Å². The zero-order chi connectivity index (χ0) is 23.4. The van der Waals surface area contributed by atoms with Crippen LogP contribution in [0.5, 0.6) is 0 Å². The number of halogens is 5. The molecule has 4 rings (SSSR count). The van der Waals surface area contributed by atoms with Gasteiger partial charge in [0.1, 0.15) is 18.2 Å². The smallest absolute Gasteiger partial charge is 0.367 e. The molecule has 2 aliphatic heterocycles. The number of aliphatic hydroxyl groups excluding tert-OH is 1. The third-order valence-electron chi connectivity index (χ3n) is 5.24. The molecule has 0 aliphatic carbocycles. The Hall–Kier alpha value is -3.47. The number of aliphatic hydroxyl groups is 1. The first kappa shape index (κ1) is 21.8. The quantitative estimate of drug-likeness (QED) is 0.672. The molecule has 1 aromatic carbocycles. The van der Waals surface area contributed by atoms with E-state index >= 15 is 0 Å². The van der Waals surface area contributed by atoms with E-state index in [4.69, 9.17) is 0 Å². The standard InChI is InChI=1S/C21H17F5N4O2/c1-10-5-12(22)3-4-15(10)29-9-30(16-7-14(23)19(31)28-11(16)2)20(32)13-6-18(21(24,25)26)27-8-17(13)29/h3-8,19,28,31H,9H2,1-2H3. The molecule has 32 heavy (non-hydrogen) atoms. The average molecular weight is 452 g/mol. The van der Waals surface area contributed by atoms with Crippen molar-refractivity contribution in [3.63, 3.8) is 0 Å². The number of rotatable bonds is 2. The van der Waals surface area contributed by atoms with Crippen molar-refractivity contribution in [2.24, 2.45) is 0 Å². The summed E-state index contributed by atoms with van der Waals surface area (Å²) in [6.07, 6.45) is -4.49. The van der Waals surface area contributed by atoms with Gasteiger partial charge in [-0.05, 0) is 49.8 Å². The number of carbonyl (C=O) groups is 1. The van der Waals surface area contributed by atoms with Gasteiger partial charge >= 0.3 is 6.18 Å². The molecule has 1 aromatic heterocycles. The number of pyridine rings is 1. The molecule has 2 aliphatic rings. The van der Waals surface area contributed by atoms with E-state index in [1.165, 1.54) is 30.0 Å². The van der Waals surface area contributed by atoms with E-state index < -0.39 is 35.6 Å². The summed E-state index contributed by atoms with van der Waals surface area (Å²) in [5.41, 5.74) is -0.280. The van der Waals surface area contributed by atoms with Crippen molar-refractivity contribution in [2.45, 2.75) is 26.3 Å². The number of aromatic nitrogens is 1.